The van der Waals surface area contributed by atoms with Crippen molar-refractivity contribution in [2.75, 3.05) is 31.6 Å². The topological polar surface area (TPSA) is 108 Å². The van der Waals surface area contributed by atoms with Crippen molar-refractivity contribution in [3.05, 3.63) is 46.8 Å². The summed E-state index contributed by atoms with van der Waals surface area (Å²) in [5.41, 5.74) is 3.35. The number of hydrogen-bond acceptors (Lipinski definition) is 5. The molecule has 0 spiro atoms. The smallest absolute Gasteiger partial charge is 0.276 e. The number of amides is 2. The van der Waals surface area contributed by atoms with E-state index < -0.39 is 0 Å². The number of fused-ring (bicyclic) bond motifs is 1. The standard InChI is InChI=1S/C19H25N5O3.ClH/c1-2-27-10-4-8-21-18(25)13-5-3-6-14(11-13)22-19(26)17-15-12-20-9-7-16(15)23-24-17;/h3,5-6,11,20H,2,4,7-10,12H2,1H3,(H,21,25)(H,22,26)(H,23,24);1H. The lowest BCUT2D eigenvalue weighted by Gasteiger charge is -2.13. The molecule has 0 aliphatic carbocycles. The number of carbonyl (C=O) groups is 2. The minimum atomic E-state index is -0.287. The number of anilines is 1. The highest BCUT2D eigenvalue weighted by Crippen LogP contribution is 2.18. The first-order chi connectivity index (χ1) is 13.2. The number of nitrogens with one attached hydrogen (secondary N) is 4. The van der Waals surface area contributed by atoms with Crippen molar-refractivity contribution < 1.29 is 14.3 Å². The van der Waals surface area contributed by atoms with Gasteiger partial charge >= 0.3 is 0 Å². The molecule has 4 N–H and O–H groups in total. The Hall–Kier alpha value is -2.42. The first-order valence-corrected chi connectivity index (χ1v) is 9.23. The molecule has 2 aromatic rings. The highest BCUT2D eigenvalue weighted by atomic mass is 35.5. The van der Waals surface area contributed by atoms with Crippen molar-refractivity contribution in [2.45, 2.75) is 26.3 Å². The monoisotopic (exact) mass is 407 g/mol. The van der Waals surface area contributed by atoms with Gasteiger partial charge in [-0.3, -0.25) is 14.7 Å². The third-order valence-electron chi connectivity index (χ3n) is 4.36. The lowest BCUT2D eigenvalue weighted by molar-refractivity contribution is 0.0942. The number of aromatic nitrogens is 2. The second-order valence-corrected chi connectivity index (χ2v) is 6.30. The van der Waals surface area contributed by atoms with Crippen molar-refractivity contribution in [2.24, 2.45) is 0 Å². The van der Waals surface area contributed by atoms with Crippen molar-refractivity contribution >= 4 is 29.9 Å². The molecule has 0 saturated carbocycles. The Morgan fingerprint density at radius 2 is 2.14 bits per heavy atom. The molecular weight excluding hydrogens is 382 g/mol. The molecule has 2 heterocycles. The molecule has 28 heavy (non-hydrogen) atoms. The van der Waals surface area contributed by atoms with E-state index in [0.717, 1.165) is 30.6 Å². The molecule has 2 amide bonds. The van der Waals surface area contributed by atoms with Gasteiger partial charge in [0.05, 0.1) is 0 Å². The van der Waals surface area contributed by atoms with Gasteiger partial charge < -0.3 is 20.7 Å². The van der Waals surface area contributed by atoms with Crippen molar-refractivity contribution in [1.29, 1.82) is 0 Å². The van der Waals surface area contributed by atoms with Crippen LogP contribution in [0.2, 0.25) is 0 Å². The number of carbonyl (C=O) groups excluding carboxylic acids is 2. The minimum absolute atomic E-state index is 0. The van der Waals surface area contributed by atoms with Gasteiger partial charge in [0.15, 0.2) is 5.69 Å². The Morgan fingerprint density at radius 1 is 1.29 bits per heavy atom. The maximum Gasteiger partial charge on any atom is 0.276 e. The summed E-state index contributed by atoms with van der Waals surface area (Å²) in [4.78, 5) is 24.8. The SMILES string of the molecule is CCOCCCNC(=O)c1cccc(NC(=O)c2n[nH]c3c2CNCC3)c1.Cl. The molecule has 0 radical (unpaired) electrons. The normalized spacial score (nSPS) is 12.6. The van der Waals surface area contributed by atoms with Gasteiger partial charge in [0.25, 0.3) is 11.8 Å². The Labute approximate surface area is 170 Å². The zero-order chi connectivity index (χ0) is 19.1. The van der Waals surface area contributed by atoms with Crippen LogP contribution in [-0.4, -0.2) is 48.3 Å². The predicted molar refractivity (Wildman–Crippen MR) is 109 cm³/mol. The van der Waals surface area contributed by atoms with Gasteiger partial charge in [-0.25, -0.2) is 0 Å². The molecule has 1 aliphatic heterocycles. The van der Waals surface area contributed by atoms with Crippen molar-refractivity contribution in [3.8, 4) is 0 Å². The summed E-state index contributed by atoms with van der Waals surface area (Å²) in [7, 11) is 0. The van der Waals surface area contributed by atoms with E-state index in [1.807, 2.05) is 6.92 Å². The summed E-state index contributed by atoms with van der Waals surface area (Å²) in [5.74, 6) is -0.464. The van der Waals surface area contributed by atoms with E-state index >= 15 is 0 Å². The summed E-state index contributed by atoms with van der Waals surface area (Å²) in [6.45, 7) is 5.27. The number of H-pyrrole nitrogens is 1. The number of aromatic amines is 1. The van der Waals surface area contributed by atoms with Crippen molar-refractivity contribution in [3.63, 3.8) is 0 Å². The van der Waals surface area contributed by atoms with Crippen LogP contribution in [0.5, 0.6) is 0 Å². The molecule has 1 aromatic carbocycles. The molecule has 0 unspecified atom stereocenters. The van der Waals surface area contributed by atoms with Gasteiger partial charge in [0, 0.05) is 61.8 Å². The second kappa shape index (κ2) is 10.8. The fourth-order valence-electron chi connectivity index (χ4n) is 2.96. The average molecular weight is 408 g/mol. The van der Waals surface area contributed by atoms with Crippen LogP contribution >= 0.6 is 12.4 Å². The maximum absolute atomic E-state index is 12.6. The first-order valence-electron chi connectivity index (χ1n) is 9.23. The summed E-state index contributed by atoms with van der Waals surface area (Å²) in [5, 5.41) is 16.0. The quantitative estimate of drug-likeness (QED) is 0.500. The van der Waals surface area contributed by atoms with Crippen LogP contribution in [0.3, 0.4) is 0 Å². The fourth-order valence-corrected chi connectivity index (χ4v) is 2.96. The van der Waals surface area contributed by atoms with Crippen LogP contribution in [0.4, 0.5) is 5.69 Å². The van der Waals surface area contributed by atoms with Crippen LogP contribution in [0, 0.1) is 0 Å². The van der Waals surface area contributed by atoms with Crippen LogP contribution in [-0.2, 0) is 17.7 Å². The lowest BCUT2D eigenvalue weighted by Crippen LogP contribution is -2.26. The van der Waals surface area contributed by atoms with Gasteiger partial charge in [-0.15, -0.1) is 12.4 Å². The Bertz CT molecular complexity index is 809. The van der Waals surface area contributed by atoms with Gasteiger partial charge in [-0.05, 0) is 31.5 Å². The molecule has 1 aliphatic rings. The van der Waals surface area contributed by atoms with Crippen molar-refractivity contribution in [1.82, 2.24) is 20.8 Å². The van der Waals surface area contributed by atoms with E-state index in [2.05, 4.69) is 26.1 Å². The van der Waals surface area contributed by atoms with Gasteiger partial charge in [0.1, 0.15) is 0 Å². The zero-order valence-corrected chi connectivity index (χ0v) is 16.7. The molecule has 0 atom stereocenters. The number of ether oxygens (including phenoxy) is 1. The summed E-state index contributed by atoms with van der Waals surface area (Å²) in [6, 6.07) is 6.87. The van der Waals surface area contributed by atoms with Crippen LogP contribution in [0.1, 0.15) is 45.4 Å². The first kappa shape index (κ1) is 21.9. The fraction of sp³-hybridized carbons (Fsp3) is 0.421. The van der Waals surface area contributed by atoms with E-state index in [1.165, 1.54) is 0 Å². The van der Waals surface area contributed by atoms with Crippen LogP contribution in [0.15, 0.2) is 24.3 Å². The van der Waals surface area contributed by atoms with E-state index in [9.17, 15) is 9.59 Å². The number of rotatable bonds is 8. The number of nitrogens with zero attached hydrogens (tertiary/aromatic N) is 1. The molecule has 0 fully saturated rings. The van der Waals surface area contributed by atoms with Crippen LogP contribution < -0.4 is 16.0 Å². The number of hydrogen-bond donors (Lipinski definition) is 4. The largest absolute Gasteiger partial charge is 0.382 e. The molecular formula is C19H26ClN5O3. The molecule has 3 rings (SSSR count). The molecule has 9 heteroatoms. The Balaban J connectivity index is 0.00000280. The third kappa shape index (κ3) is 5.54. The van der Waals surface area contributed by atoms with E-state index in [-0.39, 0.29) is 24.2 Å². The maximum atomic E-state index is 12.6. The van der Waals surface area contributed by atoms with Gasteiger partial charge in [0.2, 0.25) is 0 Å². The molecule has 0 saturated heterocycles. The average Bonchev–Trinajstić information content (AvgIpc) is 3.12. The predicted octanol–water partition coefficient (Wildman–Crippen LogP) is 1.89. The molecule has 152 valence electrons. The Kier molecular flexibility index (Phi) is 8.43. The lowest BCUT2D eigenvalue weighted by atomic mass is 10.1. The van der Waals surface area contributed by atoms with E-state index in [0.29, 0.717) is 43.2 Å². The highest BCUT2D eigenvalue weighted by molar-refractivity contribution is 6.05. The van der Waals surface area contributed by atoms with Crippen LogP contribution in [0.25, 0.3) is 0 Å². The number of halogens is 1. The Morgan fingerprint density at radius 3 is 2.96 bits per heavy atom. The van der Waals surface area contributed by atoms with Gasteiger partial charge in [-0.1, -0.05) is 6.07 Å². The minimum Gasteiger partial charge on any atom is -0.382 e. The summed E-state index contributed by atoms with van der Waals surface area (Å²) in [6.07, 6.45) is 1.59. The van der Waals surface area contributed by atoms with E-state index in [1.54, 1.807) is 24.3 Å². The zero-order valence-electron chi connectivity index (χ0n) is 15.8. The molecule has 8 nitrogen and oxygen atoms in total. The summed E-state index contributed by atoms with van der Waals surface area (Å²) >= 11 is 0. The third-order valence-corrected chi connectivity index (χ3v) is 4.36. The summed E-state index contributed by atoms with van der Waals surface area (Å²) < 4.78 is 5.25. The van der Waals surface area contributed by atoms with Gasteiger partial charge in [-0.2, -0.15) is 5.10 Å². The molecule has 0 bridgehead atoms. The molecule has 1 aromatic heterocycles. The highest BCUT2D eigenvalue weighted by Gasteiger charge is 2.21. The number of benzene rings is 1. The van der Waals surface area contributed by atoms with E-state index in [4.69, 9.17) is 4.74 Å². The second-order valence-electron chi connectivity index (χ2n) is 6.30.